The van der Waals surface area contributed by atoms with Crippen LogP contribution < -0.4 is 5.73 Å². The van der Waals surface area contributed by atoms with Gasteiger partial charge in [0.25, 0.3) is 16.0 Å². The van der Waals surface area contributed by atoms with Gasteiger partial charge in [0.05, 0.1) is 28.5 Å². The highest BCUT2D eigenvalue weighted by atomic mass is 32.2. The molecule has 0 aromatic heterocycles. The number of phenolic OH excluding ortho intramolecular Hbond substituents is 1. The van der Waals surface area contributed by atoms with Crippen LogP contribution >= 0.6 is 0 Å². The second-order valence-corrected chi connectivity index (χ2v) is 12.5. The number of hydrogen-bond donors (Lipinski definition) is 7. The number of Topliss-reactive ketones (excluding diaryl/α,β-unsaturated/α-hetero) is 2. The third kappa shape index (κ3) is 4.90. The van der Waals surface area contributed by atoms with E-state index < -0.39 is 85.8 Å². The van der Waals surface area contributed by atoms with Gasteiger partial charge in [0.15, 0.2) is 11.4 Å². The molecule has 1 fully saturated rings. The van der Waals surface area contributed by atoms with Crippen LogP contribution in [-0.4, -0.2) is 92.7 Å². The minimum Gasteiger partial charge on any atom is -0.508 e. The number of likely N-dealkylation sites (N-methyl/N-ethyl adjacent to an activating group) is 1. The number of rotatable bonds is 3. The lowest BCUT2D eigenvalue weighted by Gasteiger charge is -2.53. The molecule has 1 amide bonds. The largest absolute Gasteiger partial charge is 0.508 e. The number of aliphatic hydroxyl groups is 4. The summed E-state index contributed by atoms with van der Waals surface area (Å²) in [5, 5.41) is 54.9. The van der Waals surface area contributed by atoms with Crippen molar-refractivity contribution in [3.8, 4) is 5.75 Å². The quantitative estimate of drug-likeness (QED) is 0.187. The summed E-state index contributed by atoms with van der Waals surface area (Å²) in [5.74, 6) is -8.87. The number of ketones is 2. The number of carbonyl (C=O) groups excluding carboxylic acids is 3. The number of nitrogens with two attached hydrogens (primary N) is 1. The van der Waals surface area contributed by atoms with Crippen LogP contribution in [0.2, 0.25) is 0 Å². The van der Waals surface area contributed by atoms with Gasteiger partial charge in [-0.25, -0.2) is 0 Å². The summed E-state index contributed by atoms with van der Waals surface area (Å²) in [5.41, 5.74) is 2.42. The first-order chi connectivity index (χ1) is 19.9. The number of amides is 1. The molecule has 3 aliphatic rings. The summed E-state index contributed by atoms with van der Waals surface area (Å²) in [6.45, 7) is 3.52. The molecule has 0 unspecified atom stereocenters. The molecular formula is C29H32N2O11S. The van der Waals surface area contributed by atoms with Crippen LogP contribution in [0.1, 0.15) is 29.5 Å². The Hall–Kier alpha value is -4.08. The fourth-order valence-electron chi connectivity index (χ4n) is 6.29. The zero-order valence-corrected chi connectivity index (χ0v) is 24.4. The Labute approximate surface area is 246 Å². The van der Waals surface area contributed by atoms with E-state index in [0.717, 1.165) is 5.56 Å². The minimum atomic E-state index is -4.02. The first-order valence-corrected chi connectivity index (χ1v) is 14.5. The van der Waals surface area contributed by atoms with Crippen molar-refractivity contribution in [1.82, 2.24) is 4.90 Å². The molecule has 6 atom stereocenters. The number of nitrogens with zero attached hydrogens (tertiary/aromatic N) is 1. The van der Waals surface area contributed by atoms with Crippen molar-refractivity contribution in [2.45, 2.75) is 42.4 Å². The molecule has 0 radical (unpaired) electrons. The summed E-state index contributed by atoms with van der Waals surface area (Å²) >= 11 is 0. The van der Waals surface area contributed by atoms with Crippen molar-refractivity contribution in [2.24, 2.45) is 17.6 Å². The lowest BCUT2D eigenvalue weighted by molar-refractivity contribution is -0.169. The monoisotopic (exact) mass is 616 g/mol. The maximum Gasteiger partial charge on any atom is 0.294 e. The van der Waals surface area contributed by atoms with Crippen molar-refractivity contribution in [1.29, 1.82) is 0 Å². The molecule has 0 spiro atoms. The van der Waals surface area contributed by atoms with Crippen molar-refractivity contribution in [3.63, 3.8) is 0 Å². The Morgan fingerprint density at radius 2 is 1.60 bits per heavy atom. The van der Waals surface area contributed by atoms with Crippen molar-refractivity contribution >= 4 is 33.4 Å². The summed E-state index contributed by atoms with van der Waals surface area (Å²) in [6, 6.07) is 9.12. The van der Waals surface area contributed by atoms with E-state index in [1.165, 1.54) is 37.2 Å². The van der Waals surface area contributed by atoms with Crippen LogP contribution in [0.5, 0.6) is 5.75 Å². The molecule has 2 aromatic carbocycles. The van der Waals surface area contributed by atoms with E-state index in [9.17, 15) is 48.3 Å². The maximum absolute atomic E-state index is 13.7. The molecule has 0 bridgehead atoms. The molecular weight excluding hydrogens is 584 g/mol. The first kappa shape index (κ1) is 31.8. The molecule has 230 valence electrons. The van der Waals surface area contributed by atoms with Crippen LogP contribution in [0.3, 0.4) is 0 Å². The van der Waals surface area contributed by atoms with Gasteiger partial charge in [-0.3, -0.25) is 23.8 Å². The third-order valence-corrected chi connectivity index (χ3v) is 9.18. The summed E-state index contributed by atoms with van der Waals surface area (Å²) in [7, 11) is -1.10. The number of phenols is 1. The van der Waals surface area contributed by atoms with E-state index in [0.29, 0.717) is 5.56 Å². The molecule has 43 heavy (non-hydrogen) atoms. The Bertz CT molecular complexity index is 1700. The third-order valence-electron chi connectivity index (χ3n) is 8.31. The second kappa shape index (κ2) is 10.9. The highest BCUT2D eigenvalue weighted by Gasteiger charge is 2.68. The first-order valence-electron chi connectivity index (χ1n) is 13.1. The Morgan fingerprint density at radius 1 is 1.02 bits per heavy atom. The van der Waals surface area contributed by atoms with Crippen LogP contribution in [0.4, 0.5) is 0 Å². The second-order valence-electron chi connectivity index (χ2n) is 11.1. The van der Waals surface area contributed by atoms with Crippen LogP contribution in [0.15, 0.2) is 64.3 Å². The molecule has 2 aromatic rings. The van der Waals surface area contributed by atoms with E-state index in [1.807, 2.05) is 6.92 Å². The lowest BCUT2D eigenvalue weighted by atomic mass is 9.54. The molecule has 14 heteroatoms. The molecule has 5 rings (SSSR count). The molecule has 13 nitrogen and oxygen atoms in total. The number of hydrogen-bond acceptors (Lipinski definition) is 11. The predicted octanol–water partition coefficient (Wildman–Crippen LogP) is 0.738. The van der Waals surface area contributed by atoms with E-state index in [2.05, 4.69) is 0 Å². The highest BCUT2D eigenvalue weighted by molar-refractivity contribution is 7.85. The number of fused-ring (bicyclic) bond motifs is 3. The van der Waals surface area contributed by atoms with Gasteiger partial charge in [-0.2, -0.15) is 8.42 Å². The van der Waals surface area contributed by atoms with E-state index in [-0.39, 0.29) is 16.2 Å². The summed E-state index contributed by atoms with van der Waals surface area (Å²) in [6.07, 6.45) is -1.59. The van der Waals surface area contributed by atoms with Gasteiger partial charge in [0.1, 0.15) is 22.8 Å². The zero-order valence-electron chi connectivity index (χ0n) is 23.6. The minimum absolute atomic E-state index is 0.0245. The van der Waals surface area contributed by atoms with Crippen molar-refractivity contribution in [2.75, 3.05) is 14.1 Å². The average Bonchev–Trinajstić information content (AvgIpc) is 2.90. The Balaban J connectivity index is 0.000000324. The molecule has 3 aliphatic carbocycles. The average molecular weight is 617 g/mol. The maximum atomic E-state index is 13.7. The van der Waals surface area contributed by atoms with E-state index in [1.54, 1.807) is 31.2 Å². The molecule has 1 saturated carbocycles. The number of benzene rings is 2. The van der Waals surface area contributed by atoms with E-state index in [4.69, 9.17) is 10.3 Å². The van der Waals surface area contributed by atoms with E-state index >= 15 is 0 Å². The fourth-order valence-corrected chi connectivity index (χ4v) is 6.77. The summed E-state index contributed by atoms with van der Waals surface area (Å²) in [4.78, 5) is 39.9. The van der Waals surface area contributed by atoms with Gasteiger partial charge in [-0.1, -0.05) is 36.8 Å². The smallest absolute Gasteiger partial charge is 0.294 e. The molecule has 8 N–H and O–H groups in total. The van der Waals surface area contributed by atoms with Crippen LogP contribution in [-0.2, 0) is 24.5 Å². The van der Waals surface area contributed by atoms with Crippen molar-refractivity contribution in [3.05, 3.63) is 76.1 Å². The Kier molecular flexibility index (Phi) is 8.06. The van der Waals surface area contributed by atoms with Gasteiger partial charge in [-0.15, -0.1) is 0 Å². The number of aliphatic hydroxyl groups excluding tert-OH is 3. The number of aryl methyl sites for hydroxylation is 1. The van der Waals surface area contributed by atoms with Crippen LogP contribution in [0.25, 0.3) is 5.76 Å². The number of primary amides is 1. The Morgan fingerprint density at radius 3 is 2.12 bits per heavy atom. The SMILES string of the molecule is C[C@H]1c2cccc(O)c2C(O)=C2C(=O)[C@]3(O)C(O)=C(C(N)=O)C(=O)[C@@H](N(C)C)[C@H]3[C@@H](O)[C@@H]21.Cc1ccc(S(=O)(=O)O)cc1. The van der Waals surface area contributed by atoms with Gasteiger partial charge < -0.3 is 31.3 Å². The number of carbonyl (C=O) groups is 3. The lowest BCUT2D eigenvalue weighted by Crippen LogP contribution is -2.70. The number of aromatic hydroxyl groups is 1. The highest BCUT2D eigenvalue weighted by Crippen LogP contribution is 2.55. The predicted molar refractivity (Wildman–Crippen MR) is 151 cm³/mol. The normalized spacial score (nSPS) is 28.5. The fraction of sp³-hybridized carbons (Fsp3) is 0.345. The van der Waals surface area contributed by atoms with Crippen molar-refractivity contribution < 1.29 is 52.9 Å². The van der Waals surface area contributed by atoms with Gasteiger partial charge in [0, 0.05) is 11.5 Å². The zero-order chi connectivity index (χ0) is 32.3. The topological polar surface area (TPSA) is 236 Å². The molecule has 0 saturated heterocycles. The van der Waals surface area contributed by atoms with Crippen LogP contribution in [0, 0.1) is 18.8 Å². The van der Waals surface area contributed by atoms with Gasteiger partial charge >= 0.3 is 0 Å². The standard InChI is InChI=1S/C22H24N2O8.C7H8O3S/c1-7-8-5-4-6-9(25)11(8)16(26)12-10(7)17(27)14-15(24(2)3)18(28)13(21(23)31)20(30)22(14,32)19(12)29;1-6-2-4-7(5-3-6)11(8,9)10/h4-7,10,14-15,17,25-27,30,32H,1-3H3,(H2,23,31);2-5H,1H3,(H,8,9,10)/t7-,10+,14-,15-,17-,22-;/m0./s1. The summed E-state index contributed by atoms with van der Waals surface area (Å²) < 4.78 is 29.6. The van der Waals surface area contributed by atoms with Gasteiger partial charge in [0.2, 0.25) is 5.78 Å². The molecule has 0 heterocycles. The van der Waals surface area contributed by atoms with Gasteiger partial charge in [-0.05, 0) is 50.7 Å². The molecule has 0 aliphatic heterocycles.